The molecule has 0 atom stereocenters. The van der Waals surface area contributed by atoms with Gasteiger partial charge in [0.15, 0.2) is 5.69 Å². The molecule has 20 heavy (non-hydrogen) atoms. The summed E-state index contributed by atoms with van der Waals surface area (Å²) in [6.07, 6.45) is 1.11. The van der Waals surface area contributed by atoms with E-state index in [9.17, 15) is 19.7 Å². The lowest BCUT2D eigenvalue weighted by molar-refractivity contribution is -0.384. The molecule has 2 heterocycles. The Morgan fingerprint density at radius 2 is 2.30 bits per heavy atom. The predicted octanol–water partition coefficient (Wildman–Crippen LogP) is 1.01. The summed E-state index contributed by atoms with van der Waals surface area (Å²) in [4.78, 5) is 38.4. The number of aromatic carboxylic acids is 1. The maximum Gasteiger partial charge on any atom is 0.355 e. The van der Waals surface area contributed by atoms with E-state index in [2.05, 4.69) is 15.3 Å². The largest absolute Gasteiger partial charge is 0.476 e. The van der Waals surface area contributed by atoms with Gasteiger partial charge in [-0.1, -0.05) is 0 Å². The summed E-state index contributed by atoms with van der Waals surface area (Å²) in [5.74, 6) is -1.68. The predicted molar refractivity (Wildman–Crippen MR) is 67.7 cm³/mol. The highest BCUT2D eigenvalue weighted by Crippen LogP contribution is 2.13. The Balaban J connectivity index is 1.97. The molecule has 0 spiro atoms. The van der Waals surface area contributed by atoms with E-state index in [1.54, 1.807) is 0 Å². The molecular formula is C10H8N4O5S. The van der Waals surface area contributed by atoms with Crippen molar-refractivity contribution in [2.75, 3.05) is 0 Å². The molecule has 0 saturated carbocycles. The first-order valence-electron chi connectivity index (χ1n) is 5.26. The summed E-state index contributed by atoms with van der Waals surface area (Å²) in [6.45, 7) is 0.0452. The number of nitro groups is 1. The van der Waals surface area contributed by atoms with Crippen LogP contribution in [0.15, 0.2) is 17.6 Å². The molecule has 104 valence electrons. The number of carboxylic acid groups (broad SMARTS) is 1. The maximum absolute atomic E-state index is 11.7. The standard InChI is InChI=1S/C10H8N4O5S/c15-9(6-1-5(2-11-6)14(18)19)12-3-8-13-7(4-20-8)10(16)17/h1-2,4,11H,3H2,(H,12,15)(H,16,17). The van der Waals surface area contributed by atoms with Crippen LogP contribution in [0, 0.1) is 10.1 Å². The van der Waals surface area contributed by atoms with Crippen molar-refractivity contribution < 1.29 is 19.6 Å². The van der Waals surface area contributed by atoms with Crippen molar-refractivity contribution in [3.8, 4) is 0 Å². The van der Waals surface area contributed by atoms with Crippen LogP contribution in [0.1, 0.15) is 26.0 Å². The topological polar surface area (TPSA) is 138 Å². The van der Waals surface area contributed by atoms with E-state index in [-0.39, 0.29) is 23.6 Å². The van der Waals surface area contributed by atoms with Gasteiger partial charge in [0, 0.05) is 11.4 Å². The van der Waals surface area contributed by atoms with Crippen LogP contribution < -0.4 is 5.32 Å². The summed E-state index contributed by atoms with van der Waals surface area (Å²) in [6, 6.07) is 1.11. The molecule has 2 aromatic rings. The third kappa shape index (κ3) is 2.98. The minimum Gasteiger partial charge on any atom is -0.476 e. The van der Waals surface area contributed by atoms with Gasteiger partial charge in [0.1, 0.15) is 10.7 Å². The summed E-state index contributed by atoms with van der Waals surface area (Å²) >= 11 is 1.10. The van der Waals surface area contributed by atoms with Crippen LogP contribution in [0.25, 0.3) is 0 Å². The SMILES string of the molecule is O=C(O)c1csc(CNC(=O)c2cc([N+](=O)[O-])c[nH]2)n1. The van der Waals surface area contributed by atoms with Crippen LogP contribution in [0.4, 0.5) is 5.69 Å². The third-order valence-corrected chi connectivity index (χ3v) is 3.14. The first-order chi connectivity index (χ1) is 9.47. The van der Waals surface area contributed by atoms with Gasteiger partial charge >= 0.3 is 5.97 Å². The molecule has 0 unspecified atom stereocenters. The molecule has 3 N–H and O–H groups in total. The normalized spacial score (nSPS) is 10.2. The number of thiazole rings is 1. The zero-order chi connectivity index (χ0) is 14.7. The fourth-order valence-electron chi connectivity index (χ4n) is 1.36. The van der Waals surface area contributed by atoms with Gasteiger partial charge in [0.2, 0.25) is 0 Å². The molecule has 0 saturated heterocycles. The molecule has 0 aliphatic carbocycles. The highest BCUT2D eigenvalue weighted by atomic mass is 32.1. The molecule has 10 heteroatoms. The van der Waals surface area contributed by atoms with E-state index in [0.29, 0.717) is 5.01 Å². The van der Waals surface area contributed by atoms with Gasteiger partial charge in [0.25, 0.3) is 11.6 Å². The number of amides is 1. The highest BCUT2D eigenvalue weighted by Gasteiger charge is 2.15. The summed E-state index contributed by atoms with van der Waals surface area (Å²) in [5, 5.41) is 23.4. The summed E-state index contributed by atoms with van der Waals surface area (Å²) < 4.78 is 0. The second-order valence-corrected chi connectivity index (χ2v) is 4.59. The second kappa shape index (κ2) is 5.48. The van der Waals surface area contributed by atoms with Crippen molar-refractivity contribution in [2.24, 2.45) is 0 Å². The van der Waals surface area contributed by atoms with Crippen LogP contribution >= 0.6 is 11.3 Å². The zero-order valence-electron chi connectivity index (χ0n) is 9.82. The van der Waals surface area contributed by atoms with Crippen molar-refractivity contribution in [2.45, 2.75) is 6.54 Å². The van der Waals surface area contributed by atoms with Gasteiger partial charge in [-0.15, -0.1) is 11.3 Å². The van der Waals surface area contributed by atoms with Crippen molar-refractivity contribution in [1.82, 2.24) is 15.3 Å². The number of nitrogens with one attached hydrogen (secondary N) is 2. The molecule has 0 bridgehead atoms. The first kappa shape index (κ1) is 13.7. The fourth-order valence-corrected chi connectivity index (χ4v) is 2.07. The van der Waals surface area contributed by atoms with E-state index in [0.717, 1.165) is 23.6 Å². The average Bonchev–Trinajstić information content (AvgIpc) is 3.05. The van der Waals surface area contributed by atoms with Crippen LogP contribution in [-0.4, -0.2) is 31.9 Å². The van der Waals surface area contributed by atoms with E-state index in [1.807, 2.05) is 0 Å². The number of hydrogen-bond acceptors (Lipinski definition) is 6. The molecule has 0 aliphatic heterocycles. The number of H-pyrrole nitrogens is 1. The van der Waals surface area contributed by atoms with Crippen molar-refractivity contribution in [3.63, 3.8) is 0 Å². The van der Waals surface area contributed by atoms with E-state index >= 15 is 0 Å². The van der Waals surface area contributed by atoms with Crippen molar-refractivity contribution in [3.05, 3.63) is 44.2 Å². The summed E-state index contributed by atoms with van der Waals surface area (Å²) in [5.41, 5.74) is -0.251. The summed E-state index contributed by atoms with van der Waals surface area (Å²) in [7, 11) is 0. The number of aromatic amines is 1. The van der Waals surface area contributed by atoms with Gasteiger partial charge in [0.05, 0.1) is 17.7 Å². The Morgan fingerprint density at radius 3 is 2.85 bits per heavy atom. The van der Waals surface area contributed by atoms with Gasteiger partial charge < -0.3 is 15.4 Å². The number of carboxylic acids is 1. The molecule has 0 radical (unpaired) electrons. The molecule has 0 aliphatic rings. The zero-order valence-corrected chi connectivity index (χ0v) is 10.6. The fraction of sp³-hybridized carbons (Fsp3) is 0.100. The van der Waals surface area contributed by atoms with Gasteiger partial charge in [-0.05, 0) is 0 Å². The molecular weight excluding hydrogens is 288 g/mol. The van der Waals surface area contributed by atoms with Crippen LogP contribution in [0.5, 0.6) is 0 Å². The van der Waals surface area contributed by atoms with E-state index in [1.165, 1.54) is 5.38 Å². The number of carbonyl (C=O) groups is 2. The average molecular weight is 296 g/mol. The third-order valence-electron chi connectivity index (χ3n) is 2.29. The number of nitrogens with zero attached hydrogens (tertiary/aromatic N) is 2. The van der Waals surface area contributed by atoms with E-state index < -0.39 is 16.8 Å². The second-order valence-electron chi connectivity index (χ2n) is 3.64. The van der Waals surface area contributed by atoms with Crippen LogP contribution in [0.3, 0.4) is 0 Å². The molecule has 0 aromatic carbocycles. The molecule has 2 rings (SSSR count). The smallest absolute Gasteiger partial charge is 0.355 e. The lowest BCUT2D eigenvalue weighted by Crippen LogP contribution is -2.23. The Hall–Kier alpha value is -2.75. The monoisotopic (exact) mass is 296 g/mol. The maximum atomic E-state index is 11.7. The number of carbonyl (C=O) groups excluding carboxylic acids is 1. The molecule has 1 amide bonds. The van der Waals surface area contributed by atoms with Gasteiger partial charge in [-0.25, -0.2) is 9.78 Å². The number of hydrogen-bond donors (Lipinski definition) is 3. The van der Waals surface area contributed by atoms with Gasteiger partial charge in [-0.3, -0.25) is 14.9 Å². The van der Waals surface area contributed by atoms with Crippen LogP contribution in [-0.2, 0) is 6.54 Å². The lowest BCUT2D eigenvalue weighted by Gasteiger charge is -1.99. The minimum absolute atomic E-state index is 0.0452. The first-order valence-corrected chi connectivity index (χ1v) is 6.14. The van der Waals surface area contributed by atoms with Crippen molar-refractivity contribution in [1.29, 1.82) is 0 Å². The Morgan fingerprint density at radius 1 is 1.55 bits per heavy atom. The van der Waals surface area contributed by atoms with Crippen LogP contribution in [0.2, 0.25) is 0 Å². The van der Waals surface area contributed by atoms with Crippen molar-refractivity contribution >= 4 is 28.9 Å². The lowest BCUT2D eigenvalue weighted by atomic mass is 10.4. The number of rotatable bonds is 5. The number of aromatic nitrogens is 2. The Kier molecular flexibility index (Phi) is 3.75. The molecule has 2 aromatic heterocycles. The molecule has 9 nitrogen and oxygen atoms in total. The quantitative estimate of drug-likeness (QED) is 0.556. The Bertz CT molecular complexity index is 677. The van der Waals surface area contributed by atoms with Gasteiger partial charge in [-0.2, -0.15) is 0 Å². The highest BCUT2D eigenvalue weighted by molar-refractivity contribution is 7.09. The molecule has 0 fully saturated rings. The minimum atomic E-state index is -1.14. The Labute approximate surface area is 115 Å². The van der Waals surface area contributed by atoms with E-state index in [4.69, 9.17) is 5.11 Å².